The van der Waals surface area contributed by atoms with E-state index in [4.69, 9.17) is 5.11 Å². The van der Waals surface area contributed by atoms with E-state index in [2.05, 4.69) is 21.2 Å². The van der Waals surface area contributed by atoms with Crippen LogP contribution in [0.2, 0.25) is 0 Å². The molecule has 1 atom stereocenters. The smallest absolute Gasteiger partial charge is 0.220 e. The van der Waals surface area contributed by atoms with Gasteiger partial charge in [0, 0.05) is 16.9 Å². The average molecular weight is 286 g/mol. The van der Waals surface area contributed by atoms with E-state index in [1.54, 1.807) is 6.92 Å². The summed E-state index contributed by atoms with van der Waals surface area (Å²) in [6.07, 6.45) is 1.14. The van der Waals surface area contributed by atoms with E-state index in [9.17, 15) is 4.79 Å². The van der Waals surface area contributed by atoms with Crippen molar-refractivity contribution in [2.75, 3.05) is 6.61 Å². The Bertz CT molecular complexity index is 355. The maximum absolute atomic E-state index is 11.5. The lowest BCUT2D eigenvalue weighted by molar-refractivity contribution is -0.121. The Kier molecular flexibility index (Phi) is 5.49. The minimum Gasteiger partial charge on any atom is -0.394 e. The fourth-order valence-electron chi connectivity index (χ4n) is 1.34. The minimum atomic E-state index is -0.174. The van der Waals surface area contributed by atoms with Crippen molar-refractivity contribution >= 4 is 21.8 Å². The molecule has 3 nitrogen and oxygen atoms in total. The minimum absolute atomic E-state index is 0.0270. The van der Waals surface area contributed by atoms with Gasteiger partial charge in [0.1, 0.15) is 0 Å². The van der Waals surface area contributed by atoms with Crippen LogP contribution < -0.4 is 5.32 Å². The van der Waals surface area contributed by atoms with Gasteiger partial charge in [-0.15, -0.1) is 0 Å². The summed E-state index contributed by atoms with van der Waals surface area (Å²) in [5.41, 5.74) is 1.12. The Labute approximate surface area is 104 Å². The number of hydrogen-bond donors (Lipinski definition) is 2. The standard InChI is InChI=1S/C12H16BrNO2/c1-9(8-15)14-12(16)7-6-10-4-2-3-5-11(10)13/h2-5,9,15H,6-8H2,1H3,(H,14,16). The van der Waals surface area contributed by atoms with Crippen molar-refractivity contribution in [2.45, 2.75) is 25.8 Å². The van der Waals surface area contributed by atoms with Gasteiger partial charge in [-0.25, -0.2) is 0 Å². The van der Waals surface area contributed by atoms with Gasteiger partial charge in [-0.05, 0) is 25.0 Å². The highest BCUT2D eigenvalue weighted by Gasteiger charge is 2.07. The Hall–Kier alpha value is -0.870. The first-order valence-corrected chi connectivity index (χ1v) is 6.06. The highest BCUT2D eigenvalue weighted by Crippen LogP contribution is 2.17. The van der Waals surface area contributed by atoms with E-state index in [-0.39, 0.29) is 18.6 Å². The monoisotopic (exact) mass is 285 g/mol. The summed E-state index contributed by atoms with van der Waals surface area (Å²) in [6.45, 7) is 1.75. The molecular weight excluding hydrogens is 270 g/mol. The van der Waals surface area contributed by atoms with E-state index in [0.717, 1.165) is 10.0 Å². The van der Waals surface area contributed by atoms with Crippen LogP contribution in [0.4, 0.5) is 0 Å². The highest BCUT2D eigenvalue weighted by atomic mass is 79.9. The number of aliphatic hydroxyl groups excluding tert-OH is 1. The number of nitrogens with one attached hydrogen (secondary N) is 1. The lowest BCUT2D eigenvalue weighted by Crippen LogP contribution is -2.35. The van der Waals surface area contributed by atoms with Crippen molar-refractivity contribution in [3.05, 3.63) is 34.3 Å². The zero-order valence-corrected chi connectivity index (χ0v) is 10.8. The summed E-state index contributed by atoms with van der Waals surface area (Å²) < 4.78 is 1.03. The number of amides is 1. The van der Waals surface area contributed by atoms with Crippen LogP contribution in [0, 0.1) is 0 Å². The third-order valence-electron chi connectivity index (χ3n) is 2.26. The van der Waals surface area contributed by atoms with Crippen LogP contribution in [0.3, 0.4) is 0 Å². The number of hydrogen-bond acceptors (Lipinski definition) is 2. The summed E-state index contributed by atoms with van der Waals surface area (Å²) in [5, 5.41) is 11.5. The number of rotatable bonds is 5. The molecule has 0 spiro atoms. The number of halogens is 1. The number of benzene rings is 1. The Morgan fingerprint density at radius 1 is 1.50 bits per heavy atom. The van der Waals surface area contributed by atoms with Crippen LogP contribution in [0.5, 0.6) is 0 Å². The van der Waals surface area contributed by atoms with Gasteiger partial charge in [-0.3, -0.25) is 4.79 Å². The number of aliphatic hydroxyl groups is 1. The molecule has 0 saturated carbocycles. The molecule has 0 aliphatic rings. The molecule has 88 valence electrons. The Morgan fingerprint density at radius 2 is 2.19 bits per heavy atom. The van der Waals surface area contributed by atoms with Gasteiger partial charge >= 0.3 is 0 Å². The van der Waals surface area contributed by atoms with E-state index in [1.165, 1.54) is 0 Å². The third kappa shape index (κ3) is 4.33. The molecule has 0 radical (unpaired) electrons. The molecule has 0 heterocycles. The van der Waals surface area contributed by atoms with Crippen LogP contribution in [-0.4, -0.2) is 23.7 Å². The summed E-state index contributed by atoms with van der Waals surface area (Å²) in [5.74, 6) is -0.0303. The van der Waals surface area contributed by atoms with Crippen LogP contribution in [-0.2, 0) is 11.2 Å². The number of carbonyl (C=O) groups excluding carboxylic acids is 1. The zero-order chi connectivity index (χ0) is 12.0. The SMILES string of the molecule is CC(CO)NC(=O)CCc1ccccc1Br. The molecule has 4 heteroatoms. The molecule has 0 aliphatic heterocycles. The summed E-state index contributed by atoms with van der Waals surface area (Å²) in [6, 6.07) is 7.68. The molecule has 0 aromatic heterocycles. The van der Waals surface area contributed by atoms with E-state index in [1.807, 2.05) is 24.3 Å². The Morgan fingerprint density at radius 3 is 2.81 bits per heavy atom. The molecule has 1 amide bonds. The van der Waals surface area contributed by atoms with Gasteiger partial charge < -0.3 is 10.4 Å². The number of aryl methyl sites for hydroxylation is 1. The molecule has 0 saturated heterocycles. The first kappa shape index (κ1) is 13.2. The normalized spacial score (nSPS) is 12.2. The predicted octanol–water partition coefficient (Wildman–Crippen LogP) is 1.88. The van der Waals surface area contributed by atoms with Gasteiger partial charge in [0.05, 0.1) is 6.61 Å². The van der Waals surface area contributed by atoms with E-state index >= 15 is 0 Å². The van der Waals surface area contributed by atoms with Crippen molar-refractivity contribution in [2.24, 2.45) is 0 Å². The molecule has 2 N–H and O–H groups in total. The van der Waals surface area contributed by atoms with Crippen LogP contribution in [0.15, 0.2) is 28.7 Å². The predicted molar refractivity (Wildman–Crippen MR) is 67.2 cm³/mol. The van der Waals surface area contributed by atoms with Crippen LogP contribution in [0.25, 0.3) is 0 Å². The fourth-order valence-corrected chi connectivity index (χ4v) is 1.83. The lowest BCUT2D eigenvalue weighted by atomic mass is 10.1. The van der Waals surface area contributed by atoms with E-state index < -0.39 is 0 Å². The Balaban J connectivity index is 2.40. The van der Waals surface area contributed by atoms with Gasteiger partial charge in [0.25, 0.3) is 0 Å². The second-order valence-corrected chi connectivity index (χ2v) is 4.60. The largest absolute Gasteiger partial charge is 0.394 e. The molecule has 0 aliphatic carbocycles. The topological polar surface area (TPSA) is 49.3 Å². The van der Waals surface area contributed by atoms with Crippen LogP contribution >= 0.6 is 15.9 Å². The first-order chi connectivity index (χ1) is 7.63. The molecule has 1 rings (SSSR count). The number of carbonyl (C=O) groups is 1. The zero-order valence-electron chi connectivity index (χ0n) is 9.24. The van der Waals surface area contributed by atoms with Gasteiger partial charge in [-0.2, -0.15) is 0 Å². The molecule has 0 bridgehead atoms. The molecule has 1 unspecified atom stereocenters. The molecule has 0 fully saturated rings. The lowest BCUT2D eigenvalue weighted by Gasteiger charge is -2.10. The fraction of sp³-hybridized carbons (Fsp3) is 0.417. The second kappa shape index (κ2) is 6.66. The van der Waals surface area contributed by atoms with Gasteiger partial charge in [0.2, 0.25) is 5.91 Å². The first-order valence-electron chi connectivity index (χ1n) is 5.27. The molecule has 1 aromatic carbocycles. The summed E-state index contributed by atoms with van der Waals surface area (Å²) >= 11 is 3.44. The summed E-state index contributed by atoms with van der Waals surface area (Å²) in [7, 11) is 0. The van der Waals surface area contributed by atoms with Crippen molar-refractivity contribution in [3.8, 4) is 0 Å². The van der Waals surface area contributed by atoms with Crippen molar-refractivity contribution in [3.63, 3.8) is 0 Å². The van der Waals surface area contributed by atoms with E-state index in [0.29, 0.717) is 12.8 Å². The van der Waals surface area contributed by atoms with Crippen molar-refractivity contribution < 1.29 is 9.90 Å². The van der Waals surface area contributed by atoms with Crippen LogP contribution in [0.1, 0.15) is 18.9 Å². The highest BCUT2D eigenvalue weighted by molar-refractivity contribution is 9.10. The third-order valence-corrected chi connectivity index (χ3v) is 3.03. The molecular formula is C12H16BrNO2. The quantitative estimate of drug-likeness (QED) is 0.868. The maximum atomic E-state index is 11.5. The molecule has 16 heavy (non-hydrogen) atoms. The summed E-state index contributed by atoms with van der Waals surface area (Å²) in [4.78, 5) is 11.5. The van der Waals surface area contributed by atoms with Gasteiger partial charge in [-0.1, -0.05) is 34.1 Å². The maximum Gasteiger partial charge on any atom is 0.220 e. The van der Waals surface area contributed by atoms with Crippen molar-refractivity contribution in [1.29, 1.82) is 0 Å². The van der Waals surface area contributed by atoms with Crippen molar-refractivity contribution in [1.82, 2.24) is 5.32 Å². The van der Waals surface area contributed by atoms with Gasteiger partial charge in [0.15, 0.2) is 0 Å². The average Bonchev–Trinajstić information content (AvgIpc) is 2.28. The molecule has 1 aromatic rings. The second-order valence-electron chi connectivity index (χ2n) is 3.74.